The van der Waals surface area contributed by atoms with Crippen molar-refractivity contribution in [1.29, 1.82) is 0 Å². The van der Waals surface area contributed by atoms with Crippen LogP contribution < -0.4 is 10.2 Å². The van der Waals surface area contributed by atoms with Crippen molar-refractivity contribution in [2.75, 3.05) is 18.1 Å². The molecule has 10 nitrogen and oxygen atoms in total. The van der Waals surface area contributed by atoms with E-state index in [9.17, 15) is 19.5 Å². The van der Waals surface area contributed by atoms with Crippen molar-refractivity contribution in [1.82, 2.24) is 10.2 Å². The summed E-state index contributed by atoms with van der Waals surface area (Å²) in [6, 6.07) is 12.7. The lowest BCUT2D eigenvalue weighted by atomic mass is 9.74. The van der Waals surface area contributed by atoms with Crippen molar-refractivity contribution in [3.05, 3.63) is 89.5 Å². The highest BCUT2D eigenvalue weighted by Crippen LogP contribution is 2.56. The summed E-state index contributed by atoms with van der Waals surface area (Å²) in [4.78, 5) is 60.5. The van der Waals surface area contributed by atoms with E-state index in [1.165, 1.54) is 4.90 Å². The maximum atomic E-state index is 15.2. The zero-order chi connectivity index (χ0) is 35.0. The van der Waals surface area contributed by atoms with Crippen molar-refractivity contribution in [2.24, 2.45) is 17.8 Å². The summed E-state index contributed by atoms with van der Waals surface area (Å²) in [5.41, 5.74) is 1.78. The van der Waals surface area contributed by atoms with Crippen LogP contribution in [-0.2, 0) is 28.7 Å². The van der Waals surface area contributed by atoms with Gasteiger partial charge in [0.15, 0.2) is 0 Å². The number of carbonyl (C=O) groups is 4. The van der Waals surface area contributed by atoms with E-state index in [2.05, 4.69) is 5.32 Å². The molecule has 0 unspecified atom stereocenters. The second kappa shape index (κ2) is 13.9. The summed E-state index contributed by atoms with van der Waals surface area (Å²) in [6.45, 7) is 9.52. The molecule has 2 fully saturated rings. The number of cyclic esters (lactones) is 1. The Morgan fingerprint density at radius 3 is 2.49 bits per heavy atom. The lowest BCUT2D eigenvalue weighted by molar-refractivity contribution is -0.161. The minimum absolute atomic E-state index is 0.110. The molecule has 260 valence electrons. The summed E-state index contributed by atoms with van der Waals surface area (Å²) < 4.78 is 12.9. The Kier molecular flexibility index (Phi) is 9.82. The first kappa shape index (κ1) is 34.6. The van der Waals surface area contributed by atoms with Crippen LogP contribution in [0.3, 0.4) is 0 Å². The highest BCUT2D eigenvalue weighted by molar-refractivity contribution is 6.05. The summed E-state index contributed by atoms with van der Waals surface area (Å²) in [5.74, 6) is -3.58. The zero-order valence-corrected chi connectivity index (χ0v) is 28.9. The van der Waals surface area contributed by atoms with Crippen molar-refractivity contribution in [3.63, 3.8) is 0 Å². The number of carbonyl (C=O) groups excluding carboxylic acids is 4. The van der Waals surface area contributed by atoms with E-state index in [0.29, 0.717) is 24.1 Å². The molecule has 0 aliphatic carbocycles. The van der Waals surface area contributed by atoms with Gasteiger partial charge >= 0.3 is 5.97 Å². The van der Waals surface area contributed by atoms with Crippen LogP contribution in [0.15, 0.2) is 72.8 Å². The average molecular weight is 670 g/mol. The number of amides is 3. The van der Waals surface area contributed by atoms with Crippen molar-refractivity contribution >= 4 is 29.4 Å². The molecule has 4 heterocycles. The van der Waals surface area contributed by atoms with Crippen LogP contribution in [0, 0.1) is 31.6 Å². The molecule has 0 aromatic heterocycles. The predicted octanol–water partition coefficient (Wildman–Crippen LogP) is 4.33. The maximum Gasteiger partial charge on any atom is 0.313 e. The lowest BCUT2D eigenvalue weighted by Crippen LogP contribution is -2.59. The molecule has 4 aliphatic heterocycles. The van der Waals surface area contributed by atoms with E-state index in [4.69, 9.17) is 9.47 Å². The summed E-state index contributed by atoms with van der Waals surface area (Å²) >= 11 is 0. The molecule has 0 saturated carbocycles. The largest absolute Gasteiger partial charge is 0.455 e. The van der Waals surface area contributed by atoms with E-state index < -0.39 is 59.6 Å². The number of hydrogen-bond donors (Lipinski definition) is 2. The van der Waals surface area contributed by atoms with Gasteiger partial charge < -0.3 is 29.7 Å². The first-order chi connectivity index (χ1) is 23.5. The molecule has 49 heavy (non-hydrogen) atoms. The number of benzene rings is 2. The minimum Gasteiger partial charge on any atom is -0.455 e. The van der Waals surface area contributed by atoms with Crippen LogP contribution >= 0.6 is 0 Å². The van der Waals surface area contributed by atoms with Gasteiger partial charge in [-0.2, -0.15) is 0 Å². The Morgan fingerprint density at radius 1 is 1.02 bits per heavy atom. The Labute approximate surface area is 288 Å². The molecule has 10 heteroatoms. The fraction of sp³-hybridized carbons (Fsp3) is 0.487. The number of nitrogens with zero attached hydrogens (tertiary/aromatic N) is 2. The number of fused-ring (bicyclic) bond motifs is 2. The fourth-order valence-corrected chi connectivity index (χ4v) is 8.05. The predicted molar refractivity (Wildman–Crippen MR) is 184 cm³/mol. The van der Waals surface area contributed by atoms with Gasteiger partial charge in [0, 0.05) is 18.7 Å². The number of hydrogen-bond acceptors (Lipinski definition) is 7. The normalized spacial score (nSPS) is 31.6. The molecule has 6 rings (SSSR count). The summed E-state index contributed by atoms with van der Waals surface area (Å²) in [7, 11) is 0. The van der Waals surface area contributed by atoms with Crippen molar-refractivity contribution < 1.29 is 33.8 Å². The van der Waals surface area contributed by atoms with Gasteiger partial charge in [-0.3, -0.25) is 19.2 Å². The van der Waals surface area contributed by atoms with Gasteiger partial charge in [-0.1, -0.05) is 80.6 Å². The molecule has 2 aromatic carbocycles. The first-order valence-corrected chi connectivity index (χ1v) is 17.4. The second-order valence-electron chi connectivity index (χ2n) is 14.3. The maximum absolute atomic E-state index is 15.2. The van der Waals surface area contributed by atoms with E-state index in [1.54, 1.807) is 24.0 Å². The zero-order valence-electron chi connectivity index (χ0n) is 28.9. The van der Waals surface area contributed by atoms with Crippen LogP contribution in [0.2, 0.25) is 0 Å². The molecular weight excluding hydrogens is 622 g/mol. The lowest BCUT2D eigenvalue weighted by Gasteiger charge is -2.39. The van der Waals surface area contributed by atoms with Gasteiger partial charge in [0.1, 0.15) is 23.7 Å². The van der Waals surface area contributed by atoms with Crippen LogP contribution in [0.4, 0.5) is 5.69 Å². The monoisotopic (exact) mass is 669 g/mol. The number of allylic oxidation sites excluding steroid dienone is 1. The van der Waals surface area contributed by atoms with Crippen molar-refractivity contribution in [3.8, 4) is 0 Å². The summed E-state index contributed by atoms with van der Waals surface area (Å²) in [6.07, 6.45) is 6.75. The molecule has 3 amide bonds. The minimum atomic E-state index is -1.44. The number of aryl methyl sites for hydroxylation is 2. The Bertz CT molecular complexity index is 1650. The molecule has 8 atom stereocenters. The third kappa shape index (κ3) is 6.32. The van der Waals surface area contributed by atoms with Crippen molar-refractivity contribution in [2.45, 2.75) is 89.8 Å². The summed E-state index contributed by atoms with van der Waals surface area (Å²) in [5, 5.41) is 13.7. The highest BCUT2D eigenvalue weighted by atomic mass is 16.6. The van der Waals surface area contributed by atoms with Crippen LogP contribution in [0.5, 0.6) is 0 Å². The van der Waals surface area contributed by atoms with Crippen LogP contribution in [0.25, 0.3) is 0 Å². The number of aliphatic hydroxyl groups excluding tert-OH is 1. The number of nitrogens with one attached hydrogen (secondary N) is 1. The SMILES string of the molecule is Cc1ccc(C)c(N2C/C=C\CCC(=O)N[C@H](C)[C@@H](c3ccccc3)OC(=O)[C@@H]3[C@@H]4C=C[C@]5(O4)[C@H](C2=O)N([C@@H](CO)CC(C)C)C(=O)[C@@H]35)c1. The van der Waals surface area contributed by atoms with E-state index in [0.717, 1.165) is 11.1 Å². The smallest absolute Gasteiger partial charge is 0.313 e. The number of likely N-dealkylation sites (tertiary alicyclic amines) is 1. The molecule has 2 aromatic rings. The molecule has 0 radical (unpaired) electrons. The van der Waals surface area contributed by atoms with Gasteiger partial charge in [0.25, 0.3) is 5.91 Å². The first-order valence-electron chi connectivity index (χ1n) is 17.4. The van der Waals surface area contributed by atoms with Crippen LogP contribution in [0.1, 0.15) is 62.8 Å². The molecular formula is C39H47N3O7. The number of rotatable bonds is 6. The number of ether oxygens (including phenoxy) is 2. The van der Waals surface area contributed by atoms with E-state index in [1.807, 2.05) is 88.4 Å². The Morgan fingerprint density at radius 2 is 1.78 bits per heavy atom. The van der Waals surface area contributed by atoms with Gasteiger partial charge in [0.2, 0.25) is 11.8 Å². The standard InChI is InChI=1S/C39H47N3O7/c1-23(2)20-28(22-43)42-35-37(46)41(29-21-24(3)15-16-25(29)4)19-11-7-10-14-31(44)40-26(5)34(27-12-8-6-9-13-27)48-38(47)32-30-17-18-39(35,49-30)33(32)36(42)45/h6-9,11-13,15-18,21,23,26,28,30,32-35,43H,10,14,19-20,22H2,1-5H3,(H,40,44)/b11-7-/t26-,28-,30+,32-,33-,34+,35+,39-/m1/s1. The third-order valence-corrected chi connectivity index (χ3v) is 10.3. The second-order valence-corrected chi connectivity index (χ2v) is 14.3. The quantitative estimate of drug-likeness (QED) is 0.347. The Balaban J connectivity index is 1.49. The van der Waals surface area contributed by atoms with Crippen LogP contribution in [-0.4, -0.2) is 76.7 Å². The highest BCUT2D eigenvalue weighted by Gasteiger charge is 2.74. The molecule has 2 N–H and O–H groups in total. The third-order valence-electron chi connectivity index (χ3n) is 10.3. The number of anilines is 1. The van der Waals surface area contributed by atoms with Gasteiger partial charge in [-0.05, 0) is 62.3 Å². The number of aliphatic hydroxyl groups is 1. The molecule has 1 spiro atoms. The van der Waals surface area contributed by atoms with E-state index in [-0.39, 0.29) is 37.3 Å². The van der Waals surface area contributed by atoms with E-state index >= 15 is 4.79 Å². The number of esters is 1. The van der Waals surface area contributed by atoms with Gasteiger partial charge in [0.05, 0.1) is 30.7 Å². The Hall–Kier alpha value is -4.28. The molecule has 5 bridgehead atoms. The molecule has 4 aliphatic rings. The fourth-order valence-electron chi connectivity index (χ4n) is 8.05. The van der Waals surface area contributed by atoms with Gasteiger partial charge in [-0.25, -0.2) is 0 Å². The van der Waals surface area contributed by atoms with Gasteiger partial charge in [-0.15, -0.1) is 0 Å². The molecule has 2 saturated heterocycles. The topological polar surface area (TPSA) is 125 Å². The average Bonchev–Trinajstić information content (AvgIpc) is 3.72.